The predicted molar refractivity (Wildman–Crippen MR) is 198 cm³/mol. The first-order valence-corrected chi connectivity index (χ1v) is 19.1. The lowest BCUT2D eigenvalue weighted by molar-refractivity contribution is -0.140. The van der Waals surface area contributed by atoms with Gasteiger partial charge in [-0.25, -0.2) is 22.0 Å². The average molecular weight is 758 g/mol. The minimum atomic E-state index is -2.64. The number of aromatic nitrogens is 4. The molecule has 3 unspecified atom stereocenters. The number of ether oxygens (including phenoxy) is 1. The molecule has 0 radical (unpaired) electrons. The molecule has 0 amide bonds. The molecule has 1 N–H and O–H groups in total. The number of alkyl halides is 3. The number of hydrogen-bond donors (Lipinski definition) is 1. The number of terminal acetylenes is 1. The molecule has 3 aromatic carbocycles. The zero-order chi connectivity index (χ0) is 38.0. The molecule has 2 aromatic heterocycles. The van der Waals surface area contributed by atoms with Gasteiger partial charge in [0, 0.05) is 86.6 Å². The molecule has 4 aliphatic heterocycles. The summed E-state index contributed by atoms with van der Waals surface area (Å²) in [5.41, 5.74) is -0.288. The molecule has 2 bridgehead atoms. The molecule has 14 heteroatoms. The molecule has 1 aliphatic carbocycles. The van der Waals surface area contributed by atoms with Gasteiger partial charge in [0.1, 0.15) is 41.2 Å². The van der Waals surface area contributed by atoms with Crippen molar-refractivity contribution >= 4 is 38.4 Å². The Morgan fingerprint density at radius 2 is 1.82 bits per heavy atom. The van der Waals surface area contributed by atoms with Gasteiger partial charge in [-0.05, 0) is 67.8 Å². The number of hydrogen-bond acceptors (Lipinski definition) is 8. The molecular formula is C41H40F5N7O2. The van der Waals surface area contributed by atoms with Crippen molar-refractivity contribution in [1.29, 1.82) is 0 Å². The number of aromatic hydroxyl groups is 1. The Hall–Kier alpha value is -4.74. The molecule has 5 fully saturated rings. The van der Waals surface area contributed by atoms with E-state index in [1.807, 2.05) is 0 Å². The van der Waals surface area contributed by atoms with Crippen molar-refractivity contribution < 1.29 is 31.8 Å². The van der Waals surface area contributed by atoms with Crippen molar-refractivity contribution in [2.45, 2.75) is 74.7 Å². The van der Waals surface area contributed by atoms with Gasteiger partial charge in [-0.3, -0.25) is 14.5 Å². The summed E-state index contributed by atoms with van der Waals surface area (Å²) in [7, 11) is 1.71. The molecule has 10 rings (SSSR count). The van der Waals surface area contributed by atoms with E-state index in [4.69, 9.17) is 26.2 Å². The lowest BCUT2D eigenvalue weighted by atomic mass is 9.80. The molecule has 5 aromatic rings. The number of piperazine rings is 1. The molecule has 5 atom stereocenters. The van der Waals surface area contributed by atoms with Crippen molar-refractivity contribution in [3.8, 4) is 35.2 Å². The van der Waals surface area contributed by atoms with Crippen LogP contribution < -0.4 is 9.64 Å². The summed E-state index contributed by atoms with van der Waals surface area (Å²) < 4.78 is 84.4. The molecule has 1 saturated carbocycles. The Morgan fingerprint density at radius 3 is 2.55 bits per heavy atom. The van der Waals surface area contributed by atoms with Gasteiger partial charge in [0.25, 0.3) is 5.92 Å². The van der Waals surface area contributed by atoms with Gasteiger partial charge in [0.15, 0.2) is 5.82 Å². The number of aryl methyl sites for hydroxylation is 1. The van der Waals surface area contributed by atoms with Gasteiger partial charge in [0.2, 0.25) is 0 Å². The van der Waals surface area contributed by atoms with Crippen LogP contribution in [0.15, 0.2) is 30.5 Å². The maximum atomic E-state index is 17.8. The number of anilines is 1. The molecule has 55 heavy (non-hydrogen) atoms. The van der Waals surface area contributed by atoms with Crippen molar-refractivity contribution in [3.05, 3.63) is 47.7 Å². The van der Waals surface area contributed by atoms with E-state index < -0.39 is 35.2 Å². The van der Waals surface area contributed by atoms with Crippen LogP contribution in [0.25, 0.3) is 43.7 Å². The first-order valence-electron chi connectivity index (χ1n) is 19.1. The normalized spacial score (nSPS) is 27.6. The maximum absolute atomic E-state index is 17.8. The highest BCUT2D eigenvalue weighted by Gasteiger charge is 2.51. The Kier molecular flexibility index (Phi) is 7.82. The SMILES string of the molecule is C#Cc1c(F)ccc2cc(O)cc(-c3c(F)c4nc(OC[C@@]56CCCN5C[C@H](F)C6)nc(N5C6CCC5CN(CC5CCC5(F)F)C6)c4c4cn(C)nc34)c12. The van der Waals surface area contributed by atoms with Crippen LogP contribution in [-0.4, -0.2) is 104 Å². The first-order chi connectivity index (χ1) is 26.4. The Morgan fingerprint density at radius 1 is 1.02 bits per heavy atom. The van der Waals surface area contributed by atoms with Crippen LogP contribution in [0.1, 0.15) is 50.5 Å². The molecule has 5 aliphatic rings. The van der Waals surface area contributed by atoms with E-state index in [-0.39, 0.29) is 70.0 Å². The van der Waals surface area contributed by atoms with E-state index in [2.05, 4.69) is 20.6 Å². The fourth-order valence-electron chi connectivity index (χ4n) is 10.4. The van der Waals surface area contributed by atoms with Gasteiger partial charge in [-0.1, -0.05) is 12.0 Å². The van der Waals surface area contributed by atoms with Crippen molar-refractivity contribution in [3.63, 3.8) is 0 Å². The molecule has 0 spiro atoms. The highest BCUT2D eigenvalue weighted by Crippen LogP contribution is 2.48. The fraction of sp³-hybridized carbons (Fsp3) is 0.488. The van der Waals surface area contributed by atoms with Crippen LogP contribution in [-0.2, 0) is 7.05 Å². The van der Waals surface area contributed by atoms with Crippen molar-refractivity contribution in [2.75, 3.05) is 44.2 Å². The summed E-state index contributed by atoms with van der Waals surface area (Å²) in [4.78, 5) is 16.2. The minimum Gasteiger partial charge on any atom is -0.508 e. The molecular weight excluding hydrogens is 717 g/mol. The van der Waals surface area contributed by atoms with Gasteiger partial charge < -0.3 is 14.7 Å². The summed E-state index contributed by atoms with van der Waals surface area (Å²) in [6.45, 7) is 2.65. The lowest BCUT2D eigenvalue weighted by Gasteiger charge is -2.46. The zero-order valence-corrected chi connectivity index (χ0v) is 30.3. The smallest absolute Gasteiger partial charge is 0.319 e. The van der Waals surface area contributed by atoms with E-state index >= 15 is 8.78 Å². The standard InChI is InChI=1S/C41H40F5N7O2/c1-3-28-31(43)8-5-22-13-27(54)14-29(32(22)28)33-35(44)37-34(30-20-50(2)49-36(30)33)38(48-39(47-37)55-21-40-10-4-12-52(40)17-24(42)15-40)53-25-6-7-26(53)19-51(18-25)16-23-9-11-41(23,45)46/h1,5,8,13-14,20,23-26,54H,4,6-7,9-12,15-19,21H2,2H3/t23?,24-,25?,26?,40+/m1/s1. The van der Waals surface area contributed by atoms with Crippen LogP contribution in [0.5, 0.6) is 11.8 Å². The van der Waals surface area contributed by atoms with Crippen LogP contribution in [0.3, 0.4) is 0 Å². The van der Waals surface area contributed by atoms with Crippen LogP contribution >= 0.6 is 0 Å². The average Bonchev–Trinajstić information content (AvgIpc) is 3.88. The number of halogens is 5. The summed E-state index contributed by atoms with van der Waals surface area (Å²) >= 11 is 0. The summed E-state index contributed by atoms with van der Waals surface area (Å²) in [5, 5.41) is 17.2. The van der Waals surface area contributed by atoms with E-state index in [9.17, 15) is 18.3 Å². The highest BCUT2D eigenvalue weighted by atomic mass is 19.3. The maximum Gasteiger partial charge on any atom is 0.319 e. The Labute approximate surface area is 314 Å². The number of rotatable bonds is 7. The molecule has 9 nitrogen and oxygen atoms in total. The second-order valence-corrected chi connectivity index (χ2v) is 16.3. The van der Waals surface area contributed by atoms with Gasteiger partial charge in [-0.2, -0.15) is 15.1 Å². The number of nitrogens with zero attached hydrogens (tertiary/aromatic N) is 7. The quantitative estimate of drug-likeness (QED) is 0.141. The number of phenols is 1. The summed E-state index contributed by atoms with van der Waals surface area (Å²) in [5.74, 6) is -2.06. The Balaban J connectivity index is 1.16. The van der Waals surface area contributed by atoms with Crippen LogP contribution in [0, 0.1) is 29.9 Å². The number of benzene rings is 3. The lowest BCUT2D eigenvalue weighted by Crippen LogP contribution is -2.57. The fourth-order valence-corrected chi connectivity index (χ4v) is 10.4. The van der Waals surface area contributed by atoms with Crippen LogP contribution in [0.4, 0.5) is 27.8 Å². The molecule has 6 heterocycles. The summed E-state index contributed by atoms with van der Waals surface area (Å²) in [6, 6.07) is 5.25. The van der Waals surface area contributed by atoms with E-state index in [0.717, 1.165) is 32.2 Å². The number of fused-ring (bicyclic) bond motifs is 7. The number of phenolic OH excluding ortho intramolecular Hbond substituents is 1. The van der Waals surface area contributed by atoms with E-state index in [1.54, 1.807) is 17.9 Å². The minimum absolute atomic E-state index is 0.0208. The van der Waals surface area contributed by atoms with E-state index in [1.165, 1.54) is 24.3 Å². The molecule has 286 valence electrons. The second kappa shape index (κ2) is 12.4. The largest absolute Gasteiger partial charge is 0.508 e. The van der Waals surface area contributed by atoms with Gasteiger partial charge in [0.05, 0.1) is 16.5 Å². The van der Waals surface area contributed by atoms with Crippen molar-refractivity contribution in [2.24, 2.45) is 13.0 Å². The third-order valence-corrected chi connectivity index (χ3v) is 13.0. The summed E-state index contributed by atoms with van der Waals surface area (Å²) in [6.07, 6.45) is 10.6. The number of likely N-dealkylation sites (tertiary alicyclic amines) is 1. The van der Waals surface area contributed by atoms with Crippen molar-refractivity contribution in [1.82, 2.24) is 29.5 Å². The molecule has 4 saturated heterocycles. The highest BCUT2D eigenvalue weighted by molar-refractivity contribution is 6.18. The second-order valence-electron chi connectivity index (χ2n) is 16.3. The monoisotopic (exact) mass is 757 g/mol. The van der Waals surface area contributed by atoms with Gasteiger partial charge in [-0.15, -0.1) is 6.42 Å². The van der Waals surface area contributed by atoms with Crippen LogP contribution in [0.2, 0.25) is 0 Å². The zero-order valence-electron chi connectivity index (χ0n) is 30.3. The van der Waals surface area contributed by atoms with E-state index in [0.29, 0.717) is 61.0 Å². The first kappa shape index (κ1) is 34.7. The topological polar surface area (TPSA) is 82.8 Å². The van der Waals surface area contributed by atoms with Gasteiger partial charge >= 0.3 is 6.01 Å². The Bertz CT molecular complexity index is 2440. The third-order valence-electron chi connectivity index (χ3n) is 13.0. The third kappa shape index (κ3) is 5.36. The predicted octanol–water partition coefficient (Wildman–Crippen LogP) is 6.96.